The molecule has 0 radical (unpaired) electrons. The third-order valence-electron chi connectivity index (χ3n) is 2.45. The molecule has 0 saturated heterocycles. The van der Waals surface area contributed by atoms with Crippen molar-refractivity contribution in [2.45, 2.75) is 13.8 Å². The van der Waals surface area contributed by atoms with Crippen molar-refractivity contribution in [2.75, 3.05) is 0 Å². The molecule has 0 aliphatic rings. The summed E-state index contributed by atoms with van der Waals surface area (Å²) in [5.74, 6) is 0.665. The van der Waals surface area contributed by atoms with Crippen LogP contribution in [0.15, 0.2) is 36.4 Å². The minimum atomic E-state index is -0.747. The van der Waals surface area contributed by atoms with Crippen molar-refractivity contribution in [1.29, 1.82) is 0 Å². The van der Waals surface area contributed by atoms with Crippen LogP contribution in [0.3, 0.4) is 0 Å². The van der Waals surface area contributed by atoms with Crippen molar-refractivity contribution in [3.63, 3.8) is 0 Å². The molecule has 0 heterocycles. The van der Waals surface area contributed by atoms with Crippen LogP contribution >= 0.6 is 0 Å². The predicted molar refractivity (Wildman–Crippen MR) is 70.7 cm³/mol. The molecule has 2 rings (SSSR count). The number of phenols is 2. The van der Waals surface area contributed by atoms with E-state index in [4.69, 9.17) is 0 Å². The molecule has 0 aliphatic heterocycles. The van der Waals surface area contributed by atoms with Crippen LogP contribution in [0, 0.1) is 13.8 Å². The first-order valence-electron chi connectivity index (χ1n) is 5.33. The maximum absolute atomic E-state index is 9.81. The van der Waals surface area contributed by atoms with Gasteiger partial charge in [0.15, 0.2) is 0 Å². The van der Waals surface area contributed by atoms with Gasteiger partial charge in [0.05, 0.1) is 0 Å². The van der Waals surface area contributed by atoms with Gasteiger partial charge in [-0.1, -0.05) is 0 Å². The molecule has 0 fully saturated rings. The Morgan fingerprint density at radius 3 is 1.59 bits per heavy atom. The van der Waals surface area contributed by atoms with Gasteiger partial charge in [-0.3, -0.25) is 0 Å². The van der Waals surface area contributed by atoms with Crippen molar-refractivity contribution in [3.8, 4) is 11.5 Å². The SMILES string of the molecule is Cc1ccc(O)c([Te]c2cc(C)ccc2O)c1. The van der Waals surface area contributed by atoms with Gasteiger partial charge in [-0.25, -0.2) is 0 Å². The summed E-state index contributed by atoms with van der Waals surface area (Å²) >= 11 is -0.747. The van der Waals surface area contributed by atoms with Crippen LogP contribution in [0.1, 0.15) is 11.1 Å². The first-order chi connectivity index (χ1) is 8.06. The average molecular weight is 342 g/mol. The summed E-state index contributed by atoms with van der Waals surface area (Å²) in [6, 6.07) is 11.2. The van der Waals surface area contributed by atoms with Gasteiger partial charge in [-0.15, -0.1) is 0 Å². The van der Waals surface area contributed by atoms with E-state index in [1.807, 2.05) is 38.1 Å². The number of rotatable bonds is 2. The first kappa shape index (κ1) is 12.3. The minimum absolute atomic E-state index is 0.332. The summed E-state index contributed by atoms with van der Waals surface area (Å²) < 4.78 is 1.94. The van der Waals surface area contributed by atoms with Crippen LogP contribution in [0.4, 0.5) is 0 Å². The summed E-state index contributed by atoms with van der Waals surface area (Å²) in [4.78, 5) is 0. The predicted octanol–water partition coefficient (Wildman–Crippen LogP) is 1.37. The Hall–Kier alpha value is -1.17. The van der Waals surface area contributed by atoms with Crippen LogP contribution in [-0.4, -0.2) is 31.1 Å². The molecular weight excluding hydrogens is 328 g/mol. The number of phenolic OH excluding ortho intramolecular Hbond substituents is 2. The van der Waals surface area contributed by atoms with Crippen LogP contribution in [0.25, 0.3) is 0 Å². The molecule has 0 aromatic heterocycles. The molecule has 0 bridgehead atoms. The number of aromatic hydroxyl groups is 2. The van der Waals surface area contributed by atoms with Crippen LogP contribution < -0.4 is 7.22 Å². The molecule has 0 spiro atoms. The molecule has 0 unspecified atom stereocenters. The van der Waals surface area contributed by atoms with Gasteiger partial charge >= 0.3 is 111 Å². The van der Waals surface area contributed by atoms with Crippen molar-refractivity contribution in [3.05, 3.63) is 47.5 Å². The Morgan fingerprint density at radius 1 is 0.765 bits per heavy atom. The third kappa shape index (κ3) is 2.94. The van der Waals surface area contributed by atoms with E-state index < -0.39 is 20.9 Å². The zero-order valence-corrected chi connectivity index (χ0v) is 12.1. The Kier molecular flexibility index (Phi) is 3.61. The average Bonchev–Trinajstić information content (AvgIpc) is 2.28. The summed E-state index contributed by atoms with van der Waals surface area (Å²) in [5.41, 5.74) is 2.27. The molecule has 88 valence electrons. The quantitative estimate of drug-likeness (QED) is 0.810. The van der Waals surface area contributed by atoms with E-state index in [1.165, 1.54) is 0 Å². The molecule has 3 heteroatoms. The van der Waals surface area contributed by atoms with E-state index in [0.717, 1.165) is 18.3 Å². The van der Waals surface area contributed by atoms with Crippen LogP contribution in [0.2, 0.25) is 0 Å². The maximum atomic E-state index is 9.81. The van der Waals surface area contributed by atoms with Gasteiger partial charge < -0.3 is 0 Å². The van der Waals surface area contributed by atoms with E-state index in [2.05, 4.69) is 0 Å². The van der Waals surface area contributed by atoms with Crippen LogP contribution in [0.5, 0.6) is 11.5 Å². The molecule has 17 heavy (non-hydrogen) atoms. The summed E-state index contributed by atoms with van der Waals surface area (Å²) in [7, 11) is 0. The van der Waals surface area contributed by atoms with Gasteiger partial charge in [0, 0.05) is 0 Å². The molecule has 2 nitrogen and oxygen atoms in total. The fourth-order valence-electron chi connectivity index (χ4n) is 1.52. The zero-order valence-electron chi connectivity index (χ0n) is 9.77. The van der Waals surface area contributed by atoms with Crippen molar-refractivity contribution in [1.82, 2.24) is 0 Å². The van der Waals surface area contributed by atoms with E-state index in [-0.39, 0.29) is 0 Å². The second kappa shape index (κ2) is 4.99. The molecule has 0 aliphatic carbocycles. The molecule has 0 atom stereocenters. The molecule has 0 amide bonds. The van der Waals surface area contributed by atoms with Gasteiger partial charge in [-0.2, -0.15) is 0 Å². The summed E-state index contributed by atoms with van der Waals surface area (Å²) in [5, 5.41) is 19.6. The zero-order chi connectivity index (χ0) is 12.4. The standard InChI is InChI=1S/C14H14O2Te/c1-9-3-5-11(15)13(7-9)17-14-8-10(2)4-6-12(14)16/h3-8,15-16H,1-2H3. The Labute approximate surface area is 111 Å². The monoisotopic (exact) mass is 344 g/mol. The van der Waals surface area contributed by atoms with Gasteiger partial charge in [0.25, 0.3) is 0 Å². The summed E-state index contributed by atoms with van der Waals surface area (Å²) in [6.07, 6.45) is 0. The summed E-state index contributed by atoms with van der Waals surface area (Å²) in [6.45, 7) is 4.01. The van der Waals surface area contributed by atoms with Crippen molar-refractivity contribution < 1.29 is 10.2 Å². The van der Waals surface area contributed by atoms with E-state index in [1.54, 1.807) is 12.1 Å². The van der Waals surface area contributed by atoms with E-state index in [9.17, 15) is 10.2 Å². The molecule has 2 N–H and O–H groups in total. The molecule has 0 saturated carbocycles. The Balaban J connectivity index is 2.37. The topological polar surface area (TPSA) is 40.5 Å². The second-order valence-corrected chi connectivity index (χ2v) is 7.14. The Morgan fingerprint density at radius 2 is 1.18 bits per heavy atom. The van der Waals surface area contributed by atoms with Crippen molar-refractivity contribution >= 4 is 28.1 Å². The molecular formula is C14H14O2Te. The number of aryl methyl sites for hydroxylation is 2. The molecule has 2 aromatic rings. The van der Waals surface area contributed by atoms with E-state index in [0.29, 0.717) is 11.5 Å². The fraction of sp³-hybridized carbons (Fsp3) is 0.143. The second-order valence-electron chi connectivity index (χ2n) is 4.04. The van der Waals surface area contributed by atoms with Crippen LogP contribution in [-0.2, 0) is 0 Å². The van der Waals surface area contributed by atoms with Gasteiger partial charge in [0.1, 0.15) is 0 Å². The normalized spacial score (nSPS) is 10.5. The number of hydrogen-bond acceptors (Lipinski definition) is 2. The number of benzene rings is 2. The van der Waals surface area contributed by atoms with E-state index >= 15 is 0 Å². The third-order valence-corrected chi connectivity index (χ3v) is 5.57. The fourth-order valence-corrected chi connectivity index (χ4v) is 4.58. The van der Waals surface area contributed by atoms with Gasteiger partial charge in [-0.05, 0) is 0 Å². The number of hydrogen-bond donors (Lipinski definition) is 2. The Bertz CT molecular complexity index is 500. The van der Waals surface area contributed by atoms with Gasteiger partial charge in [0.2, 0.25) is 0 Å². The van der Waals surface area contributed by atoms with Crippen molar-refractivity contribution in [2.24, 2.45) is 0 Å². The molecule has 2 aromatic carbocycles. The first-order valence-corrected chi connectivity index (χ1v) is 7.66.